The molecule has 156 valence electrons. The number of benzene rings is 1. The smallest absolute Gasteiger partial charge is 0.305 e. The molecule has 1 aromatic carbocycles. The standard InChI is InChI=1S/C22H28FN3O3/c1-3-26(4-2)15-18-11-12-19(29-18)20(27)24-25-21(28)22(13-5-6-14-22)16-7-9-17(23)10-8-16/h7-12H,3-6,13-15H2,1-2H3,(H,24,27)(H,25,28). The number of nitrogens with one attached hydrogen (secondary N) is 2. The van der Waals surface area contributed by atoms with E-state index in [1.54, 1.807) is 24.3 Å². The predicted molar refractivity (Wildman–Crippen MR) is 107 cm³/mol. The van der Waals surface area contributed by atoms with Gasteiger partial charge in [0.25, 0.3) is 0 Å². The van der Waals surface area contributed by atoms with E-state index < -0.39 is 11.3 Å². The molecule has 0 saturated heterocycles. The van der Waals surface area contributed by atoms with Gasteiger partial charge < -0.3 is 4.42 Å². The van der Waals surface area contributed by atoms with Gasteiger partial charge in [-0.25, -0.2) is 4.39 Å². The second-order valence-electron chi connectivity index (χ2n) is 7.43. The molecule has 1 heterocycles. The summed E-state index contributed by atoms with van der Waals surface area (Å²) in [4.78, 5) is 27.5. The molecule has 0 bridgehead atoms. The number of hydrogen-bond donors (Lipinski definition) is 2. The normalized spacial score (nSPS) is 15.4. The maximum absolute atomic E-state index is 13.3. The Labute approximate surface area is 170 Å². The van der Waals surface area contributed by atoms with E-state index in [0.717, 1.165) is 31.5 Å². The van der Waals surface area contributed by atoms with Crippen LogP contribution in [0.1, 0.15) is 61.4 Å². The number of hydrogen-bond acceptors (Lipinski definition) is 4. The van der Waals surface area contributed by atoms with Gasteiger partial charge in [0.2, 0.25) is 5.91 Å². The molecular formula is C22H28FN3O3. The van der Waals surface area contributed by atoms with Crippen molar-refractivity contribution >= 4 is 11.8 Å². The minimum absolute atomic E-state index is 0.148. The Hall–Kier alpha value is -2.67. The zero-order chi connectivity index (χ0) is 20.9. The molecule has 0 atom stereocenters. The lowest BCUT2D eigenvalue weighted by molar-refractivity contribution is -0.127. The van der Waals surface area contributed by atoms with Crippen LogP contribution >= 0.6 is 0 Å². The van der Waals surface area contributed by atoms with E-state index in [2.05, 4.69) is 29.6 Å². The number of carbonyl (C=O) groups excluding carboxylic acids is 2. The molecule has 7 heteroatoms. The first kappa shape index (κ1) is 21.0. The fourth-order valence-electron chi connectivity index (χ4n) is 3.94. The van der Waals surface area contributed by atoms with Gasteiger partial charge in [0.15, 0.2) is 5.76 Å². The zero-order valence-corrected chi connectivity index (χ0v) is 17.0. The van der Waals surface area contributed by atoms with E-state index in [1.165, 1.54) is 12.1 Å². The van der Waals surface area contributed by atoms with Gasteiger partial charge in [0.05, 0.1) is 12.0 Å². The molecule has 0 spiro atoms. The Balaban J connectivity index is 1.64. The Kier molecular flexibility index (Phi) is 6.69. The third kappa shape index (κ3) is 4.67. The molecule has 3 rings (SSSR count). The van der Waals surface area contributed by atoms with Crippen molar-refractivity contribution in [3.05, 3.63) is 59.3 Å². The van der Waals surface area contributed by atoms with Crippen LogP contribution in [-0.4, -0.2) is 29.8 Å². The van der Waals surface area contributed by atoms with Gasteiger partial charge in [-0.3, -0.25) is 25.3 Å². The minimum Gasteiger partial charge on any atom is -0.454 e. The fraction of sp³-hybridized carbons (Fsp3) is 0.455. The summed E-state index contributed by atoms with van der Waals surface area (Å²) >= 11 is 0. The number of furan rings is 1. The van der Waals surface area contributed by atoms with Gasteiger partial charge in [-0.05, 0) is 55.8 Å². The van der Waals surface area contributed by atoms with Crippen LogP contribution in [0.25, 0.3) is 0 Å². The van der Waals surface area contributed by atoms with Crippen molar-refractivity contribution in [1.29, 1.82) is 0 Å². The van der Waals surface area contributed by atoms with Gasteiger partial charge >= 0.3 is 5.91 Å². The quantitative estimate of drug-likeness (QED) is 0.696. The molecule has 0 unspecified atom stereocenters. The van der Waals surface area contributed by atoms with Crippen molar-refractivity contribution in [2.24, 2.45) is 0 Å². The highest BCUT2D eigenvalue weighted by atomic mass is 19.1. The van der Waals surface area contributed by atoms with Crippen molar-refractivity contribution in [2.45, 2.75) is 51.5 Å². The van der Waals surface area contributed by atoms with E-state index in [9.17, 15) is 14.0 Å². The molecule has 1 saturated carbocycles. The van der Waals surface area contributed by atoms with Crippen molar-refractivity contribution in [3.8, 4) is 0 Å². The van der Waals surface area contributed by atoms with Crippen molar-refractivity contribution in [2.75, 3.05) is 13.1 Å². The summed E-state index contributed by atoms with van der Waals surface area (Å²) in [7, 11) is 0. The van der Waals surface area contributed by atoms with Crippen LogP contribution in [0.2, 0.25) is 0 Å². The Morgan fingerprint density at radius 1 is 1.03 bits per heavy atom. The van der Waals surface area contributed by atoms with E-state index in [-0.39, 0.29) is 17.5 Å². The topological polar surface area (TPSA) is 74.6 Å². The molecule has 1 aliphatic carbocycles. The highest BCUT2D eigenvalue weighted by molar-refractivity contribution is 5.95. The molecule has 6 nitrogen and oxygen atoms in total. The van der Waals surface area contributed by atoms with E-state index in [1.807, 2.05) is 0 Å². The van der Waals surface area contributed by atoms with Crippen LogP contribution in [0.5, 0.6) is 0 Å². The number of amides is 2. The van der Waals surface area contributed by atoms with Crippen molar-refractivity contribution < 1.29 is 18.4 Å². The third-order valence-corrected chi connectivity index (χ3v) is 5.74. The summed E-state index contributed by atoms with van der Waals surface area (Å²) in [6.45, 7) is 6.53. The fourth-order valence-corrected chi connectivity index (χ4v) is 3.94. The van der Waals surface area contributed by atoms with Crippen molar-refractivity contribution in [3.63, 3.8) is 0 Å². The summed E-state index contributed by atoms with van der Waals surface area (Å²) in [6, 6.07) is 9.39. The molecule has 0 aliphatic heterocycles. The lowest BCUT2D eigenvalue weighted by atomic mass is 9.78. The maximum Gasteiger partial charge on any atom is 0.305 e. The highest BCUT2D eigenvalue weighted by Crippen LogP contribution is 2.41. The molecule has 1 aromatic heterocycles. The lowest BCUT2D eigenvalue weighted by Crippen LogP contribution is -2.50. The summed E-state index contributed by atoms with van der Waals surface area (Å²) in [6.07, 6.45) is 3.14. The first-order valence-electron chi connectivity index (χ1n) is 10.2. The SMILES string of the molecule is CCN(CC)Cc1ccc(C(=O)NNC(=O)C2(c3ccc(F)cc3)CCCC2)o1. The first-order chi connectivity index (χ1) is 14.0. The number of carbonyl (C=O) groups is 2. The van der Waals surface area contributed by atoms with Gasteiger partial charge in [0, 0.05) is 0 Å². The van der Waals surface area contributed by atoms with Crippen LogP contribution in [0, 0.1) is 5.82 Å². The summed E-state index contributed by atoms with van der Waals surface area (Å²) in [5.41, 5.74) is 5.02. The lowest BCUT2D eigenvalue weighted by Gasteiger charge is -2.28. The first-order valence-corrected chi connectivity index (χ1v) is 10.2. The average molecular weight is 401 g/mol. The van der Waals surface area contributed by atoms with Gasteiger partial charge in [-0.2, -0.15) is 0 Å². The van der Waals surface area contributed by atoms with Crippen LogP contribution in [-0.2, 0) is 16.8 Å². The third-order valence-electron chi connectivity index (χ3n) is 5.74. The van der Waals surface area contributed by atoms with E-state index in [4.69, 9.17) is 4.42 Å². The average Bonchev–Trinajstić information content (AvgIpc) is 3.41. The second kappa shape index (κ2) is 9.22. The Bertz CT molecular complexity index is 837. The molecule has 2 amide bonds. The number of halogens is 1. The second-order valence-corrected chi connectivity index (χ2v) is 7.43. The van der Waals surface area contributed by atoms with Gasteiger partial charge in [0.1, 0.15) is 11.6 Å². The Morgan fingerprint density at radius 2 is 1.69 bits per heavy atom. The highest BCUT2D eigenvalue weighted by Gasteiger charge is 2.43. The summed E-state index contributed by atoms with van der Waals surface area (Å²) < 4.78 is 18.9. The maximum atomic E-state index is 13.3. The molecule has 1 aliphatic rings. The van der Waals surface area contributed by atoms with Crippen LogP contribution in [0.3, 0.4) is 0 Å². The molecule has 2 N–H and O–H groups in total. The number of hydrazine groups is 1. The number of rotatable bonds is 7. The molecule has 0 radical (unpaired) electrons. The monoisotopic (exact) mass is 401 g/mol. The zero-order valence-electron chi connectivity index (χ0n) is 17.0. The molecule has 29 heavy (non-hydrogen) atoms. The molecular weight excluding hydrogens is 373 g/mol. The van der Waals surface area contributed by atoms with E-state index in [0.29, 0.717) is 25.1 Å². The van der Waals surface area contributed by atoms with Gasteiger partial charge in [-0.15, -0.1) is 0 Å². The summed E-state index contributed by atoms with van der Waals surface area (Å²) in [5.74, 6) is -0.284. The van der Waals surface area contributed by atoms with Gasteiger partial charge in [-0.1, -0.05) is 38.8 Å². The number of nitrogens with zero attached hydrogens (tertiary/aromatic N) is 1. The summed E-state index contributed by atoms with van der Waals surface area (Å²) in [5, 5.41) is 0. The van der Waals surface area contributed by atoms with Crippen LogP contribution in [0.15, 0.2) is 40.8 Å². The molecule has 1 fully saturated rings. The van der Waals surface area contributed by atoms with E-state index >= 15 is 0 Å². The molecule has 2 aromatic rings. The minimum atomic E-state index is -0.752. The van der Waals surface area contributed by atoms with Crippen LogP contribution in [0.4, 0.5) is 4.39 Å². The Morgan fingerprint density at radius 3 is 2.31 bits per heavy atom. The largest absolute Gasteiger partial charge is 0.454 e. The van der Waals surface area contributed by atoms with Crippen LogP contribution < -0.4 is 10.9 Å². The van der Waals surface area contributed by atoms with Crippen molar-refractivity contribution in [1.82, 2.24) is 15.8 Å². The predicted octanol–water partition coefficient (Wildman–Crippen LogP) is 3.53.